The van der Waals surface area contributed by atoms with Crippen LogP contribution in [0, 0.1) is 5.82 Å². The van der Waals surface area contributed by atoms with Crippen molar-refractivity contribution in [1.82, 2.24) is 10.3 Å². The van der Waals surface area contributed by atoms with Gasteiger partial charge in [0, 0.05) is 16.8 Å². The number of benzene rings is 1. The van der Waals surface area contributed by atoms with Gasteiger partial charge in [0.1, 0.15) is 11.6 Å². The minimum absolute atomic E-state index is 0.0411. The summed E-state index contributed by atoms with van der Waals surface area (Å²) in [5, 5.41) is 3.22. The molecule has 0 saturated carbocycles. The van der Waals surface area contributed by atoms with Crippen LogP contribution in [-0.4, -0.2) is 24.9 Å². The van der Waals surface area contributed by atoms with Crippen LogP contribution in [0.4, 0.5) is 4.39 Å². The third-order valence-corrected chi connectivity index (χ3v) is 4.00. The lowest BCUT2D eigenvalue weighted by Crippen LogP contribution is -2.20. The highest BCUT2D eigenvalue weighted by atomic mass is 32.2. The van der Waals surface area contributed by atoms with Crippen LogP contribution < -0.4 is 10.1 Å². The topological polar surface area (TPSA) is 34.2 Å². The van der Waals surface area contributed by atoms with E-state index in [1.807, 2.05) is 25.2 Å². The van der Waals surface area contributed by atoms with Gasteiger partial charge in [-0.2, -0.15) is 0 Å². The second-order valence-electron chi connectivity index (χ2n) is 4.20. The molecule has 0 aliphatic rings. The molecule has 0 saturated heterocycles. The van der Waals surface area contributed by atoms with Crippen molar-refractivity contribution in [1.29, 1.82) is 0 Å². The molecule has 1 N–H and O–H groups in total. The first kappa shape index (κ1) is 14.8. The second kappa shape index (κ2) is 7.26. The Morgan fingerprint density at radius 1 is 1.35 bits per heavy atom. The van der Waals surface area contributed by atoms with E-state index in [1.54, 1.807) is 31.1 Å². The van der Waals surface area contributed by atoms with Crippen molar-refractivity contribution in [2.45, 2.75) is 10.9 Å². The van der Waals surface area contributed by atoms with E-state index in [4.69, 9.17) is 4.74 Å². The summed E-state index contributed by atoms with van der Waals surface area (Å²) in [5.74, 6) is 1.28. The molecule has 20 heavy (non-hydrogen) atoms. The van der Waals surface area contributed by atoms with Crippen LogP contribution in [0.25, 0.3) is 0 Å². The number of aromatic nitrogens is 1. The molecule has 0 radical (unpaired) electrons. The molecular weight excluding hydrogens is 275 g/mol. The number of methoxy groups -OCH3 is 1. The standard InChI is InChI=1S/C15H17FN2OS/c1-17-13(15-14(19-2)7-4-8-18-15)10-20-12-6-3-5-11(16)9-12/h3-9,13,17H,10H2,1-2H3. The largest absolute Gasteiger partial charge is 0.495 e. The van der Waals surface area contributed by atoms with Crippen LogP contribution in [0.15, 0.2) is 47.5 Å². The van der Waals surface area contributed by atoms with Crippen molar-refractivity contribution >= 4 is 11.8 Å². The number of nitrogens with one attached hydrogen (secondary N) is 1. The number of pyridine rings is 1. The monoisotopic (exact) mass is 292 g/mol. The average molecular weight is 292 g/mol. The summed E-state index contributed by atoms with van der Waals surface area (Å²) >= 11 is 1.58. The Bertz CT molecular complexity index is 565. The van der Waals surface area contributed by atoms with Gasteiger partial charge in [-0.3, -0.25) is 4.98 Å². The predicted octanol–water partition coefficient (Wildman–Crippen LogP) is 3.28. The van der Waals surface area contributed by atoms with Crippen LogP contribution in [0.2, 0.25) is 0 Å². The summed E-state index contributed by atoms with van der Waals surface area (Å²) in [5.41, 5.74) is 0.862. The Morgan fingerprint density at radius 3 is 2.90 bits per heavy atom. The number of nitrogens with zero attached hydrogens (tertiary/aromatic N) is 1. The van der Waals surface area contributed by atoms with Crippen molar-refractivity contribution in [3.63, 3.8) is 0 Å². The molecule has 1 aromatic heterocycles. The highest BCUT2D eigenvalue weighted by Gasteiger charge is 2.16. The van der Waals surface area contributed by atoms with Crippen LogP contribution in [0.5, 0.6) is 5.75 Å². The van der Waals surface area contributed by atoms with E-state index in [1.165, 1.54) is 12.1 Å². The number of thioether (sulfide) groups is 1. The van der Waals surface area contributed by atoms with Gasteiger partial charge < -0.3 is 10.1 Å². The lowest BCUT2D eigenvalue weighted by Gasteiger charge is -2.17. The molecule has 1 atom stereocenters. The molecule has 106 valence electrons. The number of rotatable bonds is 6. The minimum atomic E-state index is -0.216. The molecule has 0 bridgehead atoms. The summed E-state index contributed by atoms with van der Waals surface area (Å²) in [6.45, 7) is 0. The van der Waals surface area contributed by atoms with Crippen molar-refractivity contribution in [3.05, 3.63) is 54.1 Å². The van der Waals surface area contributed by atoms with E-state index in [-0.39, 0.29) is 11.9 Å². The molecule has 1 heterocycles. The molecule has 5 heteroatoms. The SMILES string of the molecule is CNC(CSc1cccc(F)c1)c1ncccc1OC. The van der Waals surface area contributed by atoms with E-state index < -0.39 is 0 Å². The molecule has 0 aliphatic carbocycles. The summed E-state index contributed by atoms with van der Waals surface area (Å²) in [7, 11) is 3.51. The molecule has 0 fully saturated rings. The molecule has 0 aliphatic heterocycles. The molecule has 1 unspecified atom stereocenters. The number of ether oxygens (including phenoxy) is 1. The first-order valence-electron chi connectivity index (χ1n) is 6.29. The minimum Gasteiger partial charge on any atom is -0.495 e. The van der Waals surface area contributed by atoms with Gasteiger partial charge in [-0.05, 0) is 37.4 Å². The van der Waals surface area contributed by atoms with Gasteiger partial charge in [0.05, 0.1) is 18.8 Å². The smallest absolute Gasteiger partial charge is 0.142 e. The molecule has 0 amide bonds. The van der Waals surface area contributed by atoms with E-state index in [0.29, 0.717) is 0 Å². The second-order valence-corrected chi connectivity index (χ2v) is 5.29. The molecule has 0 spiro atoms. The maximum absolute atomic E-state index is 13.2. The normalized spacial score (nSPS) is 12.2. The number of hydrogen-bond acceptors (Lipinski definition) is 4. The maximum Gasteiger partial charge on any atom is 0.142 e. The predicted molar refractivity (Wildman–Crippen MR) is 79.7 cm³/mol. The molecule has 2 aromatic rings. The van der Waals surface area contributed by atoms with Crippen LogP contribution in [0.3, 0.4) is 0 Å². The fourth-order valence-corrected chi connectivity index (χ4v) is 2.93. The zero-order valence-corrected chi connectivity index (χ0v) is 12.3. The molecular formula is C15H17FN2OS. The lowest BCUT2D eigenvalue weighted by molar-refractivity contribution is 0.400. The fraction of sp³-hybridized carbons (Fsp3) is 0.267. The fourth-order valence-electron chi connectivity index (χ4n) is 1.87. The Kier molecular flexibility index (Phi) is 5.38. The average Bonchev–Trinajstić information content (AvgIpc) is 2.48. The number of hydrogen-bond donors (Lipinski definition) is 1. The van der Waals surface area contributed by atoms with Gasteiger partial charge in [0.2, 0.25) is 0 Å². The third kappa shape index (κ3) is 3.71. The zero-order valence-electron chi connectivity index (χ0n) is 11.5. The summed E-state index contributed by atoms with van der Waals surface area (Å²) < 4.78 is 18.5. The molecule has 2 rings (SSSR count). The van der Waals surface area contributed by atoms with Gasteiger partial charge in [-0.25, -0.2) is 4.39 Å². The Balaban J connectivity index is 2.09. The van der Waals surface area contributed by atoms with Crippen LogP contribution >= 0.6 is 11.8 Å². The van der Waals surface area contributed by atoms with Crippen molar-refractivity contribution in [2.75, 3.05) is 19.9 Å². The Labute approximate surface area is 122 Å². The Morgan fingerprint density at radius 2 is 2.20 bits per heavy atom. The van der Waals surface area contributed by atoms with E-state index in [9.17, 15) is 4.39 Å². The van der Waals surface area contributed by atoms with Gasteiger partial charge in [-0.15, -0.1) is 11.8 Å². The first-order chi connectivity index (χ1) is 9.74. The van der Waals surface area contributed by atoms with Crippen molar-refractivity contribution < 1.29 is 9.13 Å². The Hall–Kier alpha value is -1.59. The van der Waals surface area contributed by atoms with Crippen molar-refractivity contribution in [3.8, 4) is 5.75 Å². The zero-order chi connectivity index (χ0) is 14.4. The first-order valence-corrected chi connectivity index (χ1v) is 7.27. The van der Waals surface area contributed by atoms with E-state index >= 15 is 0 Å². The van der Waals surface area contributed by atoms with Gasteiger partial charge in [0.15, 0.2) is 0 Å². The summed E-state index contributed by atoms with van der Waals surface area (Å²) in [6.07, 6.45) is 1.75. The maximum atomic E-state index is 13.2. The van der Waals surface area contributed by atoms with Gasteiger partial charge in [-0.1, -0.05) is 6.07 Å². The highest BCUT2D eigenvalue weighted by Crippen LogP contribution is 2.28. The van der Waals surface area contributed by atoms with Gasteiger partial charge >= 0.3 is 0 Å². The van der Waals surface area contributed by atoms with Crippen LogP contribution in [0.1, 0.15) is 11.7 Å². The third-order valence-electron chi connectivity index (χ3n) is 2.91. The van der Waals surface area contributed by atoms with Crippen molar-refractivity contribution in [2.24, 2.45) is 0 Å². The van der Waals surface area contributed by atoms with E-state index in [0.717, 1.165) is 22.1 Å². The van der Waals surface area contributed by atoms with E-state index in [2.05, 4.69) is 10.3 Å². The van der Waals surface area contributed by atoms with Gasteiger partial charge in [0.25, 0.3) is 0 Å². The lowest BCUT2D eigenvalue weighted by atomic mass is 10.2. The van der Waals surface area contributed by atoms with Crippen LogP contribution in [-0.2, 0) is 0 Å². The quantitative estimate of drug-likeness (QED) is 0.829. The molecule has 3 nitrogen and oxygen atoms in total. The highest BCUT2D eigenvalue weighted by molar-refractivity contribution is 7.99. The summed E-state index contributed by atoms with van der Waals surface area (Å²) in [4.78, 5) is 5.28. The number of halogens is 1. The summed E-state index contributed by atoms with van der Waals surface area (Å²) in [6, 6.07) is 10.4. The molecule has 1 aromatic carbocycles.